The molecule has 2 aliphatic heterocycles. The number of piperazine rings is 1. The lowest BCUT2D eigenvalue weighted by Gasteiger charge is -2.54. The first-order chi connectivity index (χ1) is 21.9. The monoisotopic (exact) mass is 659 g/mol. The van der Waals surface area contributed by atoms with Crippen LogP contribution in [-0.2, 0) is 33.5 Å². The lowest BCUT2D eigenvalue weighted by molar-refractivity contribution is -0.157. The molecule has 5 rings (SSSR count). The highest BCUT2D eigenvalue weighted by Gasteiger charge is 2.52. The first-order valence-electron chi connectivity index (χ1n) is 14.9. The molecule has 0 saturated carbocycles. The third-order valence-corrected chi connectivity index (χ3v) is 8.23. The van der Waals surface area contributed by atoms with Gasteiger partial charge in [0.05, 0.1) is 29.7 Å². The maximum absolute atomic E-state index is 14.1. The summed E-state index contributed by atoms with van der Waals surface area (Å²) in [7, 11) is 1.58. The molecule has 0 unspecified atom stereocenters. The predicted octanol–water partition coefficient (Wildman–Crippen LogP) is 3.91. The van der Waals surface area contributed by atoms with Crippen molar-refractivity contribution in [2.45, 2.75) is 58.1 Å². The van der Waals surface area contributed by atoms with Gasteiger partial charge in [0, 0.05) is 44.5 Å². The van der Waals surface area contributed by atoms with Gasteiger partial charge in [-0.05, 0) is 69.7 Å². The summed E-state index contributed by atoms with van der Waals surface area (Å²) in [6, 6.07) is 8.32. The van der Waals surface area contributed by atoms with Gasteiger partial charge < -0.3 is 24.4 Å². The molecule has 2 fully saturated rings. The zero-order valence-corrected chi connectivity index (χ0v) is 26.7. The quantitative estimate of drug-likeness (QED) is 0.418. The third-order valence-electron chi connectivity index (χ3n) is 8.23. The Morgan fingerprint density at radius 3 is 2.30 bits per heavy atom. The number of aromatic nitrogens is 2. The maximum atomic E-state index is 14.1. The summed E-state index contributed by atoms with van der Waals surface area (Å²) < 4.78 is 54.3. The number of ether oxygens (including phenoxy) is 2. The molecule has 12 nitrogen and oxygen atoms in total. The Hall–Kier alpha value is -4.66. The number of aryl methyl sites for hydroxylation is 1. The van der Waals surface area contributed by atoms with Crippen LogP contribution in [0, 0.1) is 6.92 Å². The molecule has 0 radical (unpaired) electrons. The summed E-state index contributed by atoms with van der Waals surface area (Å²) in [6.07, 6.45) is -5.21. The van der Waals surface area contributed by atoms with E-state index in [-0.39, 0.29) is 67.6 Å². The SMILES string of the molecule is Cc1nc2cc(C(F)(F)F)c(CN(C)c3ccc(C(=O)N4CCN(C(=O)OC(C)(C)C)C5(COC5)C4)cc3)cc2c(=O)n1CC(=O)O. The Morgan fingerprint density at radius 1 is 1.09 bits per heavy atom. The minimum absolute atomic E-state index is 0.0151. The van der Waals surface area contributed by atoms with Crippen molar-refractivity contribution in [2.75, 3.05) is 44.8 Å². The van der Waals surface area contributed by atoms with E-state index in [0.29, 0.717) is 11.3 Å². The van der Waals surface area contributed by atoms with E-state index in [4.69, 9.17) is 9.47 Å². The van der Waals surface area contributed by atoms with E-state index in [1.165, 1.54) is 6.92 Å². The average molecular weight is 660 g/mol. The van der Waals surface area contributed by atoms with Crippen molar-refractivity contribution >= 4 is 34.6 Å². The second-order valence-electron chi connectivity index (χ2n) is 12.9. The van der Waals surface area contributed by atoms with Crippen LogP contribution in [-0.4, -0.2) is 93.5 Å². The van der Waals surface area contributed by atoms with E-state index in [2.05, 4.69) is 4.98 Å². The number of amides is 2. The zero-order valence-electron chi connectivity index (χ0n) is 26.7. The molecule has 2 amide bonds. The van der Waals surface area contributed by atoms with Crippen molar-refractivity contribution in [3.63, 3.8) is 0 Å². The number of fused-ring (bicyclic) bond motifs is 1. The summed E-state index contributed by atoms with van der Waals surface area (Å²) in [6.45, 7) is 7.15. The molecule has 2 aromatic carbocycles. The van der Waals surface area contributed by atoms with E-state index in [9.17, 15) is 37.5 Å². The number of carboxylic acids is 1. The molecule has 2 aliphatic rings. The molecule has 0 aliphatic carbocycles. The highest BCUT2D eigenvalue weighted by Crippen LogP contribution is 2.35. The summed E-state index contributed by atoms with van der Waals surface area (Å²) in [4.78, 5) is 59.5. The lowest BCUT2D eigenvalue weighted by Crippen LogP contribution is -2.73. The van der Waals surface area contributed by atoms with Crippen LogP contribution < -0.4 is 10.5 Å². The number of aliphatic carboxylic acids is 1. The molecule has 3 heterocycles. The van der Waals surface area contributed by atoms with Gasteiger partial charge in [0.25, 0.3) is 11.5 Å². The Balaban J connectivity index is 1.35. The second-order valence-corrected chi connectivity index (χ2v) is 12.9. The minimum Gasteiger partial charge on any atom is -0.480 e. The summed E-state index contributed by atoms with van der Waals surface area (Å²) in [5.41, 5.74) is -2.58. The fraction of sp³-hybridized carbons (Fsp3) is 0.469. The molecular weight excluding hydrogens is 623 g/mol. The number of alkyl halides is 3. The highest BCUT2D eigenvalue weighted by molar-refractivity contribution is 5.95. The molecule has 15 heteroatoms. The highest BCUT2D eigenvalue weighted by atomic mass is 19.4. The summed E-state index contributed by atoms with van der Waals surface area (Å²) >= 11 is 0. The van der Waals surface area contributed by atoms with Crippen LogP contribution >= 0.6 is 0 Å². The van der Waals surface area contributed by atoms with Crippen molar-refractivity contribution in [1.29, 1.82) is 0 Å². The Labute approximate surface area is 268 Å². The number of benzene rings is 2. The number of hydrogen-bond donors (Lipinski definition) is 1. The Morgan fingerprint density at radius 2 is 1.74 bits per heavy atom. The van der Waals surface area contributed by atoms with Crippen molar-refractivity contribution in [3.8, 4) is 0 Å². The van der Waals surface area contributed by atoms with Crippen LogP contribution in [0.2, 0.25) is 0 Å². The number of carbonyl (C=O) groups excluding carboxylic acids is 2. The maximum Gasteiger partial charge on any atom is 0.416 e. The van der Waals surface area contributed by atoms with Gasteiger partial charge in [-0.15, -0.1) is 0 Å². The van der Waals surface area contributed by atoms with Crippen LogP contribution in [0.25, 0.3) is 10.9 Å². The smallest absolute Gasteiger partial charge is 0.416 e. The standard InChI is InChI=1S/C32H36F3N5O7/c1-19-36-25-13-24(32(33,34)35)21(12-23(25)28(44)39(19)15-26(41)42)14-37(5)22-8-6-20(7-9-22)27(43)38-10-11-40(29(45)47-30(2,3)4)31(16-38)17-46-18-31/h6-9,12-13H,10-11,14-18H2,1-5H3,(H,41,42). The van der Waals surface area contributed by atoms with Crippen LogP contribution in [0.4, 0.5) is 23.7 Å². The Kier molecular flexibility index (Phi) is 8.73. The van der Waals surface area contributed by atoms with Gasteiger partial charge in [-0.25, -0.2) is 9.78 Å². The topological polar surface area (TPSA) is 135 Å². The molecule has 1 spiro atoms. The van der Waals surface area contributed by atoms with Gasteiger partial charge in [-0.3, -0.25) is 23.9 Å². The van der Waals surface area contributed by atoms with E-state index in [0.717, 1.165) is 16.7 Å². The third kappa shape index (κ3) is 6.89. The van der Waals surface area contributed by atoms with E-state index in [1.54, 1.807) is 66.8 Å². The normalized spacial score (nSPS) is 16.3. The average Bonchev–Trinajstić information content (AvgIpc) is 2.96. The Bertz CT molecular complexity index is 1780. The van der Waals surface area contributed by atoms with Crippen LogP contribution in [0.1, 0.15) is 48.1 Å². The number of rotatable bonds is 6. The number of nitrogens with zero attached hydrogens (tertiary/aromatic N) is 5. The molecule has 2 saturated heterocycles. The fourth-order valence-corrected chi connectivity index (χ4v) is 5.87. The van der Waals surface area contributed by atoms with E-state index in [1.807, 2.05) is 0 Å². The van der Waals surface area contributed by atoms with Crippen molar-refractivity contribution in [3.05, 3.63) is 69.3 Å². The van der Waals surface area contributed by atoms with Crippen LogP contribution in [0.15, 0.2) is 41.2 Å². The van der Waals surface area contributed by atoms with E-state index < -0.39 is 47.0 Å². The molecule has 1 aromatic heterocycles. The zero-order chi connectivity index (χ0) is 34.5. The number of hydrogen-bond acceptors (Lipinski definition) is 8. The van der Waals surface area contributed by atoms with Crippen LogP contribution in [0.5, 0.6) is 0 Å². The van der Waals surface area contributed by atoms with Gasteiger partial charge in [0.1, 0.15) is 23.5 Å². The van der Waals surface area contributed by atoms with Crippen molar-refractivity contribution in [2.24, 2.45) is 0 Å². The molecule has 47 heavy (non-hydrogen) atoms. The van der Waals surface area contributed by atoms with Crippen LogP contribution in [0.3, 0.4) is 0 Å². The number of anilines is 1. The molecule has 0 bridgehead atoms. The first kappa shape index (κ1) is 33.7. The van der Waals surface area contributed by atoms with Gasteiger partial charge in [0.15, 0.2) is 0 Å². The number of halogens is 3. The molecular formula is C32H36F3N5O7. The second kappa shape index (κ2) is 12.2. The van der Waals surface area contributed by atoms with Crippen molar-refractivity contribution < 1.29 is 42.1 Å². The van der Waals surface area contributed by atoms with Crippen molar-refractivity contribution in [1.82, 2.24) is 19.4 Å². The largest absolute Gasteiger partial charge is 0.480 e. The first-order valence-corrected chi connectivity index (χ1v) is 14.9. The predicted molar refractivity (Wildman–Crippen MR) is 164 cm³/mol. The number of carbonyl (C=O) groups is 3. The van der Waals surface area contributed by atoms with Gasteiger partial charge in [-0.1, -0.05) is 0 Å². The summed E-state index contributed by atoms with van der Waals surface area (Å²) in [5, 5.41) is 9.05. The van der Waals surface area contributed by atoms with Gasteiger partial charge in [-0.2, -0.15) is 13.2 Å². The minimum atomic E-state index is -4.75. The lowest BCUT2D eigenvalue weighted by atomic mass is 9.91. The molecule has 0 atom stereocenters. The molecule has 1 N–H and O–H groups in total. The summed E-state index contributed by atoms with van der Waals surface area (Å²) in [5.74, 6) is -1.56. The van der Waals surface area contributed by atoms with Gasteiger partial charge in [0.2, 0.25) is 0 Å². The molecule has 252 valence electrons. The molecule has 3 aromatic rings. The number of carboxylic acid groups (broad SMARTS) is 1. The van der Waals surface area contributed by atoms with E-state index >= 15 is 0 Å². The van der Waals surface area contributed by atoms with Gasteiger partial charge >= 0.3 is 18.2 Å². The fourth-order valence-electron chi connectivity index (χ4n) is 5.87.